The van der Waals surface area contributed by atoms with Crippen molar-refractivity contribution >= 4 is 0 Å². The summed E-state index contributed by atoms with van der Waals surface area (Å²) < 4.78 is 64.0. The maximum absolute atomic E-state index is 13.5. The van der Waals surface area contributed by atoms with Crippen LogP contribution in [0, 0.1) is 11.6 Å². The van der Waals surface area contributed by atoms with Crippen LogP contribution in [0.25, 0.3) is 11.1 Å². The lowest BCUT2D eigenvalue weighted by Crippen LogP contribution is -2.16. The Morgan fingerprint density at radius 1 is 1.05 bits per heavy atom. The maximum Gasteiger partial charge on any atom is 0.431 e. The van der Waals surface area contributed by atoms with Crippen molar-refractivity contribution in [2.45, 2.75) is 6.18 Å². The molecule has 0 saturated carbocycles. The van der Waals surface area contributed by atoms with Crippen molar-refractivity contribution in [1.29, 1.82) is 0 Å². The van der Waals surface area contributed by atoms with Crippen LogP contribution in [0.15, 0.2) is 35.1 Å². The second kappa shape index (κ2) is 4.49. The molecule has 2 rings (SSSR count). The van der Waals surface area contributed by atoms with E-state index in [4.69, 9.17) is 0 Å². The highest BCUT2D eigenvalue weighted by Crippen LogP contribution is 2.30. The van der Waals surface area contributed by atoms with Gasteiger partial charge >= 0.3 is 6.18 Å². The van der Waals surface area contributed by atoms with E-state index in [0.29, 0.717) is 6.07 Å². The Bertz CT molecular complexity index is 675. The summed E-state index contributed by atoms with van der Waals surface area (Å²) in [6, 6.07) is 4.39. The smallest absolute Gasteiger partial charge is 0.318 e. The summed E-state index contributed by atoms with van der Waals surface area (Å²) in [6.07, 6.45) is -4.78. The first-order valence-electron chi connectivity index (χ1n) is 5.05. The molecule has 0 amide bonds. The minimum absolute atomic E-state index is 0.340. The molecule has 0 aliphatic heterocycles. The zero-order chi connectivity index (χ0) is 14.2. The molecule has 1 N–H and O–H groups in total. The summed E-state index contributed by atoms with van der Waals surface area (Å²) in [7, 11) is 0. The van der Waals surface area contributed by atoms with E-state index in [1.807, 2.05) is 0 Å². The number of nitrogens with one attached hydrogen (secondary N) is 1. The van der Waals surface area contributed by atoms with Gasteiger partial charge in [0.2, 0.25) is 5.56 Å². The largest absolute Gasteiger partial charge is 0.431 e. The van der Waals surface area contributed by atoms with Crippen molar-refractivity contribution in [3.8, 4) is 11.1 Å². The van der Waals surface area contributed by atoms with Crippen LogP contribution >= 0.6 is 0 Å². The quantitative estimate of drug-likeness (QED) is 0.795. The molecule has 0 bridgehead atoms. The van der Waals surface area contributed by atoms with Gasteiger partial charge in [0.1, 0.15) is 5.69 Å². The van der Waals surface area contributed by atoms with E-state index in [9.17, 15) is 26.7 Å². The SMILES string of the molecule is O=c1cc(-c2cccc(F)c2F)cc(C(F)(F)F)[nH]1. The average molecular weight is 275 g/mol. The molecular weight excluding hydrogens is 269 g/mol. The van der Waals surface area contributed by atoms with Crippen molar-refractivity contribution in [2.75, 3.05) is 0 Å². The molecule has 2 aromatic rings. The maximum atomic E-state index is 13.5. The van der Waals surface area contributed by atoms with Gasteiger partial charge in [-0.1, -0.05) is 12.1 Å². The third-order valence-corrected chi connectivity index (χ3v) is 2.41. The van der Waals surface area contributed by atoms with Gasteiger partial charge in [-0.3, -0.25) is 4.79 Å². The Kier molecular flexibility index (Phi) is 3.13. The normalized spacial score (nSPS) is 11.6. The van der Waals surface area contributed by atoms with Gasteiger partial charge in [-0.15, -0.1) is 0 Å². The Hall–Kier alpha value is -2.18. The van der Waals surface area contributed by atoms with Gasteiger partial charge in [0.15, 0.2) is 11.6 Å². The molecule has 19 heavy (non-hydrogen) atoms. The first kappa shape index (κ1) is 13.3. The lowest BCUT2D eigenvalue weighted by molar-refractivity contribution is -0.141. The van der Waals surface area contributed by atoms with Crippen molar-refractivity contribution in [2.24, 2.45) is 0 Å². The molecule has 1 aromatic carbocycles. The van der Waals surface area contributed by atoms with E-state index < -0.39 is 34.6 Å². The number of H-pyrrole nitrogens is 1. The lowest BCUT2D eigenvalue weighted by atomic mass is 10.1. The monoisotopic (exact) mass is 275 g/mol. The van der Waals surface area contributed by atoms with Crippen molar-refractivity contribution in [3.05, 3.63) is 58.0 Å². The van der Waals surface area contributed by atoms with Gasteiger partial charge in [0.05, 0.1) is 0 Å². The zero-order valence-corrected chi connectivity index (χ0v) is 9.18. The van der Waals surface area contributed by atoms with Crippen molar-refractivity contribution < 1.29 is 22.0 Å². The molecule has 0 aliphatic rings. The molecule has 0 spiro atoms. The number of halogens is 5. The van der Waals surface area contributed by atoms with E-state index in [2.05, 4.69) is 0 Å². The van der Waals surface area contributed by atoms with Crippen LogP contribution in [0.2, 0.25) is 0 Å². The fourth-order valence-electron chi connectivity index (χ4n) is 1.58. The van der Waals surface area contributed by atoms with Gasteiger partial charge in [0, 0.05) is 11.6 Å². The standard InChI is InChI=1S/C12H6F5NO/c13-8-3-1-2-7(11(8)14)6-4-9(12(15,16)17)18-10(19)5-6/h1-5H,(H,18,19). The minimum Gasteiger partial charge on any atom is -0.318 e. The molecule has 1 aromatic heterocycles. The molecule has 0 fully saturated rings. The fraction of sp³-hybridized carbons (Fsp3) is 0.0833. The van der Waals surface area contributed by atoms with E-state index in [1.54, 1.807) is 4.98 Å². The first-order chi connectivity index (χ1) is 8.79. The number of pyridine rings is 1. The summed E-state index contributed by atoms with van der Waals surface area (Å²) in [5.74, 6) is -2.51. The second-order valence-corrected chi connectivity index (χ2v) is 3.75. The lowest BCUT2D eigenvalue weighted by Gasteiger charge is -2.09. The van der Waals surface area contributed by atoms with Crippen LogP contribution in [0.3, 0.4) is 0 Å². The van der Waals surface area contributed by atoms with Crippen LogP contribution in [0.1, 0.15) is 5.69 Å². The number of aromatic nitrogens is 1. The Labute approximate surface area is 103 Å². The van der Waals surface area contributed by atoms with Gasteiger partial charge in [-0.05, 0) is 17.7 Å². The molecule has 1 heterocycles. The van der Waals surface area contributed by atoms with E-state index in [1.165, 1.54) is 0 Å². The average Bonchev–Trinajstić information content (AvgIpc) is 2.31. The number of alkyl halides is 3. The van der Waals surface area contributed by atoms with Crippen LogP contribution in [-0.2, 0) is 6.18 Å². The number of hydrogen-bond acceptors (Lipinski definition) is 1. The third-order valence-electron chi connectivity index (χ3n) is 2.41. The predicted molar refractivity (Wildman–Crippen MR) is 57.4 cm³/mol. The van der Waals surface area contributed by atoms with Crippen molar-refractivity contribution in [3.63, 3.8) is 0 Å². The van der Waals surface area contributed by atoms with E-state index >= 15 is 0 Å². The number of benzene rings is 1. The molecule has 0 radical (unpaired) electrons. The van der Waals surface area contributed by atoms with Gasteiger partial charge < -0.3 is 4.98 Å². The van der Waals surface area contributed by atoms with Crippen LogP contribution in [0.5, 0.6) is 0 Å². The highest BCUT2D eigenvalue weighted by atomic mass is 19.4. The van der Waals surface area contributed by atoms with Crippen LogP contribution in [-0.4, -0.2) is 4.98 Å². The molecule has 100 valence electrons. The summed E-state index contributed by atoms with van der Waals surface area (Å²) >= 11 is 0. The minimum atomic E-state index is -4.78. The summed E-state index contributed by atoms with van der Waals surface area (Å²) in [5.41, 5.74) is -3.11. The Morgan fingerprint density at radius 2 is 1.74 bits per heavy atom. The zero-order valence-electron chi connectivity index (χ0n) is 9.18. The number of aromatic amines is 1. The molecular formula is C12H6F5NO. The summed E-state index contributed by atoms with van der Waals surface area (Å²) in [4.78, 5) is 12.8. The molecule has 7 heteroatoms. The van der Waals surface area contributed by atoms with Gasteiger partial charge in [-0.25, -0.2) is 8.78 Å². The molecule has 0 unspecified atom stereocenters. The summed E-state index contributed by atoms with van der Waals surface area (Å²) in [5, 5.41) is 0. The van der Waals surface area contributed by atoms with Gasteiger partial charge in [-0.2, -0.15) is 13.2 Å². The highest BCUT2D eigenvalue weighted by Gasteiger charge is 2.32. The van der Waals surface area contributed by atoms with Crippen LogP contribution in [0.4, 0.5) is 22.0 Å². The van der Waals surface area contributed by atoms with E-state index in [-0.39, 0.29) is 5.56 Å². The number of hydrogen-bond donors (Lipinski definition) is 1. The van der Waals surface area contributed by atoms with E-state index in [0.717, 1.165) is 24.3 Å². The molecule has 0 atom stereocenters. The molecule has 0 aliphatic carbocycles. The molecule has 2 nitrogen and oxygen atoms in total. The topological polar surface area (TPSA) is 32.9 Å². The fourth-order valence-corrected chi connectivity index (χ4v) is 1.58. The Balaban J connectivity index is 2.67. The highest BCUT2D eigenvalue weighted by molar-refractivity contribution is 5.64. The first-order valence-corrected chi connectivity index (χ1v) is 5.05. The van der Waals surface area contributed by atoms with Crippen molar-refractivity contribution in [1.82, 2.24) is 4.98 Å². The Morgan fingerprint density at radius 3 is 2.37 bits per heavy atom. The number of rotatable bonds is 1. The molecule has 0 saturated heterocycles. The predicted octanol–water partition coefficient (Wildman–Crippen LogP) is 3.34. The van der Waals surface area contributed by atoms with Gasteiger partial charge in [0.25, 0.3) is 0 Å². The van der Waals surface area contributed by atoms with Crippen LogP contribution < -0.4 is 5.56 Å². The summed E-state index contributed by atoms with van der Waals surface area (Å²) in [6.45, 7) is 0. The third kappa shape index (κ3) is 2.64. The second-order valence-electron chi connectivity index (χ2n) is 3.75.